The highest BCUT2D eigenvalue weighted by atomic mass is 19.4. The zero-order chi connectivity index (χ0) is 25.7. The minimum Gasteiger partial charge on any atom is -0.349 e. The molecule has 3 aromatic carbocycles. The maximum absolute atomic E-state index is 13.0. The van der Waals surface area contributed by atoms with E-state index in [1.54, 1.807) is 54.6 Å². The third-order valence-electron chi connectivity index (χ3n) is 5.73. The van der Waals surface area contributed by atoms with Crippen LogP contribution in [0.5, 0.6) is 0 Å². The van der Waals surface area contributed by atoms with Gasteiger partial charge in [0.05, 0.1) is 5.56 Å². The molecule has 0 spiro atoms. The summed E-state index contributed by atoms with van der Waals surface area (Å²) in [7, 11) is 0. The summed E-state index contributed by atoms with van der Waals surface area (Å²) in [5.74, 6) is -0.654. The monoisotopic (exact) mass is 492 g/mol. The van der Waals surface area contributed by atoms with Crippen molar-refractivity contribution in [2.45, 2.75) is 31.6 Å². The van der Waals surface area contributed by atoms with E-state index in [2.05, 4.69) is 10.6 Å². The SMILES string of the molecule is O=Cc1ccc(CNC(=O)c2ccc(/C=C(/C(=O)NC3CC3)c3ccc(C(F)(F)F)cc3)cc2)cc1. The fraction of sp³-hybridized carbons (Fsp3) is 0.179. The first-order valence-electron chi connectivity index (χ1n) is 11.4. The van der Waals surface area contributed by atoms with E-state index < -0.39 is 11.7 Å². The van der Waals surface area contributed by atoms with Crippen LogP contribution in [0.15, 0.2) is 72.8 Å². The van der Waals surface area contributed by atoms with E-state index in [4.69, 9.17) is 0 Å². The Labute approximate surface area is 206 Å². The Kier molecular flexibility index (Phi) is 7.33. The third-order valence-corrected chi connectivity index (χ3v) is 5.73. The van der Waals surface area contributed by atoms with Gasteiger partial charge in [-0.2, -0.15) is 13.2 Å². The molecule has 2 N–H and O–H groups in total. The molecule has 0 saturated heterocycles. The second-order valence-corrected chi connectivity index (χ2v) is 8.54. The van der Waals surface area contributed by atoms with E-state index in [1.807, 2.05) is 0 Å². The van der Waals surface area contributed by atoms with Crippen molar-refractivity contribution in [3.63, 3.8) is 0 Å². The lowest BCUT2D eigenvalue weighted by molar-refractivity contribution is -0.137. The Hall–Kier alpha value is -4.20. The first-order chi connectivity index (χ1) is 17.2. The number of hydrogen-bond donors (Lipinski definition) is 2. The lowest BCUT2D eigenvalue weighted by atomic mass is 9.99. The number of amides is 2. The van der Waals surface area contributed by atoms with Crippen LogP contribution in [0, 0.1) is 0 Å². The number of carbonyl (C=O) groups is 3. The molecule has 4 rings (SSSR count). The van der Waals surface area contributed by atoms with Gasteiger partial charge in [-0.1, -0.05) is 48.5 Å². The molecule has 8 heteroatoms. The highest BCUT2D eigenvalue weighted by Crippen LogP contribution is 2.31. The van der Waals surface area contributed by atoms with Crippen LogP contribution in [0.2, 0.25) is 0 Å². The number of benzene rings is 3. The van der Waals surface area contributed by atoms with Crippen molar-refractivity contribution in [2.24, 2.45) is 0 Å². The first-order valence-corrected chi connectivity index (χ1v) is 11.4. The Balaban J connectivity index is 1.49. The predicted octanol–water partition coefficient (Wildman–Crippen LogP) is 5.27. The maximum Gasteiger partial charge on any atom is 0.416 e. The van der Waals surface area contributed by atoms with Crippen LogP contribution in [0.25, 0.3) is 11.6 Å². The summed E-state index contributed by atoms with van der Waals surface area (Å²) in [6.07, 6.45) is -0.379. The molecular formula is C28H23F3N2O3. The molecule has 1 saturated carbocycles. The molecule has 0 aliphatic heterocycles. The van der Waals surface area contributed by atoms with Crippen molar-refractivity contribution in [1.29, 1.82) is 0 Å². The average Bonchev–Trinajstić information content (AvgIpc) is 3.70. The quantitative estimate of drug-likeness (QED) is 0.256. The Bertz CT molecular complexity index is 1280. The molecule has 1 aliphatic carbocycles. The molecule has 1 aliphatic rings. The lowest BCUT2D eigenvalue weighted by Gasteiger charge is -2.11. The molecule has 0 heterocycles. The van der Waals surface area contributed by atoms with Crippen LogP contribution in [-0.2, 0) is 17.5 Å². The van der Waals surface area contributed by atoms with Gasteiger partial charge in [0.1, 0.15) is 6.29 Å². The molecule has 0 bridgehead atoms. The van der Waals surface area contributed by atoms with Crippen molar-refractivity contribution in [3.8, 4) is 0 Å². The fourth-order valence-electron chi connectivity index (χ4n) is 3.51. The maximum atomic E-state index is 13.0. The molecule has 0 unspecified atom stereocenters. The summed E-state index contributed by atoms with van der Waals surface area (Å²) in [4.78, 5) is 36.1. The third kappa shape index (κ3) is 6.47. The van der Waals surface area contributed by atoms with Gasteiger partial charge in [-0.25, -0.2) is 0 Å². The molecule has 0 radical (unpaired) electrons. The number of alkyl halides is 3. The van der Waals surface area contributed by atoms with Crippen molar-refractivity contribution in [2.75, 3.05) is 0 Å². The van der Waals surface area contributed by atoms with E-state index in [0.29, 0.717) is 28.8 Å². The summed E-state index contributed by atoms with van der Waals surface area (Å²) in [5.41, 5.74) is 2.25. The van der Waals surface area contributed by atoms with E-state index >= 15 is 0 Å². The molecule has 5 nitrogen and oxygen atoms in total. The Morgan fingerprint density at radius 3 is 1.97 bits per heavy atom. The second kappa shape index (κ2) is 10.6. The van der Waals surface area contributed by atoms with Crippen LogP contribution in [-0.4, -0.2) is 24.1 Å². The molecular weight excluding hydrogens is 469 g/mol. The second-order valence-electron chi connectivity index (χ2n) is 8.54. The van der Waals surface area contributed by atoms with Gasteiger partial charge < -0.3 is 10.6 Å². The van der Waals surface area contributed by atoms with Gasteiger partial charge in [0.15, 0.2) is 0 Å². The number of hydrogen-bond acceptors (Lipinski definition) is 3. The van der Waals surface area contributed by atoms with Gasteiger partial charge in [0.25, 0.3) is 11.8 Å². The Morgan fingerprint density at radius 2 is 1.42 bits per heavy atom. The molecule has 2 amide bonds. The van der Waals surface area contributed by atoms with Gasteiger partial charge >= 0.3 is 6.18 Å². The van der Waals surface area contributed by atoms with Crippen molar-refractivity contribution >= 4 is 29.7 Å². The van der Waals surface area contributed by atoms with Crippen LogP contribution in [0.4, 0.5) is 13.2 Å². The number of rotatable bonds is 8. The minimum atomic E-state index is -4.46. The van der Waals surface area contributed by atoms with Crippen molar-refractivity contribution in [3.05, 3.63) is 106 Å². The largest absolute Gasteiger partial charge is 0.416 e. The highest BCUT2D eigenvalue weighted by molar-refractivity contribution is 6.24. The molecule has 0 atom stereocenters. The lowest BCUT2D eigenvalue weighted by Crippen LogP contribution is -2.26. The molecule has 1 fully saturated rings. The van der Waals surface area contributed by atoms with E-state index in [1.165, 1.54) is 12.1 Å². The Morgan fingerprint density at radius 1 is 0.833 bits per heavy atom. The number of carbonyl (C=O) groups excluding carboxylic acids is 3. The smallest absolute Gasteiger partial charge is 0.349 e. The van der Waals surface area contributed by atoms with Crippen LogP contribution < -0.4 is 10.6 Å². The fourth-order valence-corrected chi connectivity index (χ4v) is 3.51. The molecule has 3 aromatic rings. The van der Waals surface area contributed by atoms with Gasteiger partial charge in [-0.3, -0.25) is 14.4 Å². The molecule has 184 valence electrons. The minimum absolute atomic E-state index is 0.0797. The summed E-state index contributed by atoms with van der Waals surface area (Å²) in [5, 5.41) is 5.68. The summed E-state index contributed by atoms with van der Waals surface area (Å²) in [6, 6.07) is 18.0. The summed E-state index contributed by atoms with van der Waals surface area (Å²) >= 11 is 0. The zero-order valence-corrected chi connectivity index (χ0v) is 19.1. The average molecular weight is 492 g/mol. The van der Waals surface area contributed by atoms with Gasteiger partial charge in [0, 0.05) is 29.3 Å². The van der Waals surface area contributed by atoms with Crippen LogP contribution in [0.1, 0.15) is 55.8 Å². The summed E-state index contributed by atoms with van der Waals surface area (Å²) < 4.78 is 38.9. The van der Waals surface area contributed by atoms with E-state index in [0.717, 1.165) is 36.8 Å². The highest BCUT2D eigenvalue weighted by Gasteiger charge is 2.30. The van der Waals surface area contributed by atoms with Crippen molar-refractivity contribution < 1.29 is 27.6 Å². The van der Waals surface area contributed by atoms with E-state index in [9.17, 15) is 27.6 Å². The normalized spacial score (nSPS) is 13.7. The number of nitrogens with one attached hydrogen (secondary N) is 2. The van der Waals surface area contributed by atoms with Crippen LogP contribution >= 0.6 is 0 Å². The standard InChI is InChI=1S/C28H23F3N2O3/c29-28(30,31)23-11-9-21(10-12-23)25(27(36)33-24-13-14-24)15-18-5-7-22(8-6-18)26(35)32-16-19-1-3-20(17-34)4-2-19/h1-12,15,17,24H,13-14,16H2,(H,32,35)(H,33,36)/b25-15+. The number of halogens is 3. The first kappa shape index (κ1) is 24.9. The molecule has 0 aromatic heterocycles. The zero-order valence-electron chi connectivity index (χ0n) is 19.1. The van der Waals surface area contributed by atoms with Gasteiger partial charge in [0.2, 0.25) is 0 Å². The van der Waals surface area contributed by atoms with E-state index in [-0.39, 0.29) is 23.4 Å². The molecule has 36 heavy (non-hydrogen) atoms. The summed E-state index contributed by atoms with van der Waals surface area (Å²) in [6.45, 7) is 0.291. The predicted molar refractivity (Wildman–Crippen MR) is 130 cm³/mol. The van der Waals surface area contributed by atoms with Gasteiger partial charge in [-0.15, -0.1) is 0 Å². The topological polar surface area (TPSA) is 75.3 Å². The van der Waals surface area contributed by atoms with Gasteiger partial charge in [-0.05, 0) is 59.9 Å². The van der Waals surface area contributed by atoms with Crippen molar-refractivity contribution in [1.82, 2.24) is 10.6 Å². The number of aldehydes is 1. The van der Waals surface area contributed by atoms with Crippen LogP contribution in [0.3, 0.4) is 0 Å².